The molecule has 0 fully saturated rings. The number of ether oxygens (including phenoxy) is 2. The number of carbonyl (C=O) groups excluding carboxylic acids is 2. The van der Waals surface area contributed by atoms with Crippen LogP contribution in [0, 0.1) is 0 Å². The molecule has 8 nitrogen and oxygen atoms in total. The molecule has 0 heterocycles. The molecule has 0 aliphatic carbocycles. The first-order valence-electron chi connectivity index (χ1n) is 13.8. The number of unbranched alkanes of at least 4 members (excludes halogenated alkanes) is 13. The molecule has 0 saturated heterocycles. The topological polar surface area (TPSA) is 108 Å². The normalized spacial score (nSPS) is 13.8. The molecule has 0 radical (unpaired) electrons. The smallest absolute Gasteiger partial charge is 0.462 e. The Bertz CT molecular complexity index is 570. The van der Waals surface area contributed by atoms with Gasteiger partial charge in [-0.15, -0.1) is 0 Å². The van der Waals surface area contributed by atoms with E-state index in [0.29, 0.717) is 6.42 Å². The van der Waals surface area contributed by atoms with Gasteiger partial charge >= 0.3 is 19.8 Å². The molecule has 0 aromatic rings. The largest absolute Gasteiger partial charge is 0.472 e. The number of phosphoric ester groups is 1. The van der Waals surface area contributed by atoms with Crippen molar-refractivity contribution in [2.45, 2.75) is 136 Å². The molecule has 2 atom stereocenters. The van der Waals surface area contributed by atoms with Crippen LogP contribution in [0.3, 0.4) is 0 Å². The van der Waals surface area contributed by atoms with Crippen molar-refractivity contribution in [2.75, 3.05) is 19.8 Å². The maximum absolute atomic E-state index is 12.3. The third-order valence-corrected chi connectivity index (χ3v) is 6.72. The Balaban J connectivity index is 4.33. The molecular formula is C26H51O8P. The minimum absolute atomic E-state index is 0.00407. The third-order valence-electron chi connectivity index (χ3n) is 5.66. The van der Waals surface area contributed by atoms with Gasteiger partial charge in [-0.05, 0) is 19.8 Å². The van der Waals surface area contributed by atoms with Crippen LogP contribution in [0.1, 0.15) is 130 Å². The van der Waals surface area contributed by atoms with Gasteiger partial charge in [0.2, 0.25) is 0 Å². The van der Waals surface area contributed by atoms with Crippen molar-refractivity contribution < 1.29 is 37.6 Å². The highest BCUT2D eigenvalue weighted by molar-refractivity contribution is 7.47. The molecule has 0 aliphatic rings. The van der Waals surface area contributed by atoms with E-state index >= 15 is 0 Å². The second-order valence-electron chi connectivity index (χ2n) is 9.07. The molecular weight excluding hydrogens is 471 g/mol. The van der Waals surface area contributed by atoms with Gasteiger partial charge < -0.3 is 14.4 Å². The summed E-state index contributed by atoms with van der Waals surface area (Å²) >= 11 is 0. The second-order valence-corrected chi connectivity index (χ2v) is 10.5. The van der Waals surface area contributed by atoms with Crippen molar-refractivity contribution >= 4 is 19.8 Å². The van der Waals surface area contributed by atoms with Crippen molar-refractivity contribution in [3.63, 3.8) is 0 Å². The summed E-state index contributed by atoms with van der Waals surface area (Å²) in [5.74, 6) is -0.809. The molecule has 0 saturated carbocycles. The number of phosphoric acid groups is 1. The van der Waals surface area contributed by atoms with E-state index in [9.17, 15) is 19.0 Å². The van der Waals surface area contributed by atoms with E-state index in [4.69, 9.17) is 14.0 Å². The summed E-state index contributed by atoms with van der Waals surface area (Å²) in [4.78, 5) is 34.0. The van der Waals surface area contributed by atoms with Gasteiger partial charge in [0.25, 0.3) is 0 Å². The van der Waals surface area contributed by atoms with E-state index in [0.717, 1.165) is 38.5 Å². The molecule has 9 heteroatoms. The van der Waals surface area contributed by atoms with Crippen LogP contribution in [0.25, 0.3) is 0 Å². The fraction of sp³-hybridized carbons (Fsp3) is 0.923. The summed E-state index contributed by atoms with van der Waals surface area (Å²) in [5, 5.41) is 0. The molecule has 0 spiro atoms. The minimum atomic E-state index is -4.24. The summed E-state index contributed by atoms with van der Waals surface area (Å²) in [6, 6.07) is 0. The van der Waals surface area contributed by atoms with E-state index in [1.807, 2.05) is 0 Å². The minimum Gasteiger partial charge on any atom is -0.462 e. The first-order chi connectivity index (χ1) is 16.8. The van der Waals surface area contributed by atoms with E-state index in [1.54, 1.807) is 6.92 Å². The molecule has 0 aromatic heterocycles. The van der Waals surface area contributed by atoms with Gasteiger partial charge in [0.1, 0.15) is 6.61 Å². The Morgan fingerprint density at radius 3 is 1.60 bits per heavy atom. The highest BCUT2D eigenvalue weighted by Gasteiger charge is 2.25. The number of esters is 2. The van der Waals surface area contributed by atoms with Crippen LogP contribution < -0.4 is 0 Å². The predicted octanol–water partition coefficient (Wildman–Crippen LogP) is 7.27. The maximum Gasteiger partial charge on any atom is 0.472 e. The Labute approximate surface area is 213 Å². The molecule has 208 valence electrons. The zero-order valence-corrected chi connectivity index (χ0v) is 23.4. The Morgan fingerprint density at radius 2 is 1.11 bits per heavy atom. The van der Waals surface area contributed by atoms with E-state index < -0.39 is 19.9 Å². The first-order valence-corrected chi connectivity index (χ1v) is 15.3. The summed E-state index contributed by atoms with van der Waals surface area (Å²) in [7, 11) is -4.24. The molecule has 0 aliphatic heterocycles. The van der Waals surface area contributed by atoms with Crippen molar-refractivity contribution in [1.29, 1.82) is 0 Å². The maximum atomic E-state index is 12.3. The molecule has 0 rings (SSSR count). The summed E-state index contributed by atoms with van der Waals surface area (Å²) in [5.41, 5.74) is 0. The van der Waals surface area contributed by atoms with Crippen molar-refractivity contribution in [3.8, 4) is 0 Å². The lowest BCUT2D eigenvalue weighted by Crippen LogP contribution is -2.29. The summed E-state index contributed by atoms with van der Waals surface area (Å²) in [6.07, 6.45) is 16.2. The molecule has 1 N–H and O–H groups in total. The van der Waals surface area contributed by atoms with Crippen LogP contribution in [-0.4, -0.2) is 42.8 Å². The molecule has 35 heavy (non-hydrogen) atoms. The van der Waals surface area contributed by atoms with Gasteiger partial charge in [-0.25, -0.2) is 4.57 Å². The predicted molar refractivity (Wildman–Crippen MR) is 138 cm³/mol. The summed E-state index contributed by atoms with van der Waals surface area (Å²) < 4.78 is 32.1. The SMILES string of the molecule is CCCCCCCCCCC(=O)O[C@H](COC(=O)CCCCCCCCC)COP(=O)(O)OCC. The van der Waals surface area contributed by atoms with E-state index in [1.165, 1.54) is 57.8 Å². The first kappa shape index (κ1) is 34.0. The fourth-order valence-corrected chi connectivity index (χ4v) is 4.38. The van der Waals surface area contributed by atoms with Gasteiger partial charge in [0, 0.05) is 12.8 Å². The van der Waals surface area contributed by atoms with Crippen LogP contribution in [-0.2, 0) is 32.7 Å². The molecule has 0 aromatic carbocycles. The van der Waals surface area contributed by atoms with Crippen LogP contribution in [0.4, 0.5) is 0 Å². The zero-order valence-electron chi connectivity index (χ0n) is 22.5. The number of carbonyl (C=O) groups is 2. The van der Waals surface area contributed by atoms with Gasteiger partial charge in [-0.1, -0.05) is 97.3 Å². The lowest BCUT2D eigenvalue weighted by atomic mass is 10.1. The highest BCUT2D eigenvalue weighted by Crippen LogP contribution is 2.43. The van der Waals surface area contributed by atoms with Gasteiger partial charge in [-0.3, -0.25) is 18.6 Å². The Kier molecular flexibility index (Phi) is 22.8. The number of hydrogen-bond acceptors (Lipinski definition) is 7. The van der Waals surface area contributed by atoms with Crippen molar-refractivity contribution in [3.05, 3.63) is 0 Å². The van der Waals surface area contributed by atoms with Crippen LogP contribution in [0.2, 0.25) is 0 Å². The van der Waals surface area contributed by atoms with Crippen LogP contribution >= 0.6 is 7.82 Å². The standard InChI is InChI=1S/C26H51O8P/c1-4-7-9-11-13-15-17-19-21-26(28)34-24(23-33-35(29,30)32-6-3)22-31-25(27)20-18-16-14-12-10-8-5-2/h24H,4-23H2,1-3H3,(H,29,30)/t24-/m1/s1. The van der Waals surface area contributed by atoms with Gasteiger partial charge in [-0.2, -0.15) is 0 Å². The van der Waals surface area contributed by atoms with Crippen LogP contribution in [0.5, 0.6) is 0 Å². The Morgan fingerprint density at radius 1 is 0.657 bits per heavy atom. The number of hydrogen-bond donors (Lipinski definition) is 1. The average molecular weight is 523 g/mol. The van der Waals surface area contributed by atoms with Crippen LogP contribution in [0.15, 0.2) is 0 Å². The zero-order chi connectivity index (χ0) is 26.2. The van der Waals surface area contributed by atoms with E-state index in [-0.39, 0.29) is 32.2 Å². The van der Waals surface area contributed by atoms with Crippen molar-refractivity contribution in [2.24, 2.45) is 0 Å². The lowest BCUT2D eigenvalue weighted by Gasteiger charge is -2.19. The number of rotatable bonds is 25. The molecule has 0 amide bonds. The van der Waals surface area contributed by atoms with Gasteiger partial charge in [0.05, 0.1) is 13.2 Å². The average Bonchev–Trinajstić information content (AvgIpc) is 2.82. The summed E-state index contributed by atoms with van der Waals surface area (Å²) in [6.45, 7) is 5.34. The van der Waals surface area contributed by atoms with E-state index in [2.05, 4.69) is 18.4 Å². The monoisotopic (exact) mass is 522 g/mol. The quantitative estimate of drug-likeness (QED) is 0.0758. The lowest BCUT2D eigenvalue weighted by molar-refractivity contribution is -0.161. The highest BCUT2D eigenvalue weighted by atomic mass is 31.2. The molecule has 1 unspecified atom stereocenters. The third kappa shape index (κ3) is 23.2. The van der Waals surface area contributed by atoms with Crippen molar-refractivity contribution in [1.82, 2.24) is 0 Å². The molecule has 0 bridgehead atoms. The Hall–Kier alpha value is -0.950. The second kappa shape index (κ2) is 23.4. The van der Waals surface area contributed by atoms with Gasteiger partial charge in [0.15, 0.2) is 6.10 Å². The fourth-order valence-electron chi connectivity index (χ4n) is 3.63.